The smallest absolute Gasteiger partial charge is 0.313 e. The average Bonchev–Trinajstić information content (AvgIpc) is 3.26. The maximum atomic E-state index is 13.1. The largest absolute Gasteiger partial charge is 0.402 e. The highest BCUT2D eigenvalue weighted by atomic mass is 32.2. The van der Waals surface area contributed by atoms with Crippen molar-refractivity contribution in [2.45, 2.75) is 125 Å². The van der Waals surface area contributed by atoms with Crippen LogP contribution in [0.25, 0.3) is 0 Å². The Hall–Kier alpha value is -2.09. The van der Waals surface area contributed by atoms with Crippen LogP contribution >= 0.6 is 46.8 Å². The third-order valence-electron chi connectivity index (χ3n) is 11.8. The molecular formula is C48H72N3O9P3S2. The number of unbranched alkanes of at least 4 members (excludes halogenated alkanes) is 4. The van der Waals surface area contributed by atoms with Gasteiger partial charge in [-0.15, -0.1) is 0 Å². The molecule has 0 aliphatic heterocycles. The summed E-state index contributed by atoms with van der Waals surface area (Å²) in [5.74, 6) is 1.75. The van der Waals surface area contributed by atoms with Crippen molar-refractivity contribution >= 4 is 46.8 Å². The molecule has 0 amide bonds. The van der Waals surface area contributed by atoms with E-state index in [1.165, 1.54) is 11.1 Å². The molecule has 0 bridgehead atoms. The lowest BCUT2D eigenvalue weighted by Crippen LogP contribution is -2.26. The first kappa shape index (κ1) is 55.5. The van der Waals surface area contributed by atoms with E-state index in [0.717, 1.165) is 74.0 Å². The second kappa shape index (κ2) is 26.0. The van der Waals surface area contributed by atoms with Gasteiger partial charge in [0.2, 0.25) is 0 Å². The van der Waals surface area contributed by atoms with Gasteiger partial charge in [-0.2, -0.15) is 23.5 Å². The maximum Gasteiger partial charge on any atom is 0.402 e. The Kier molecular flexibility index (Phi) is 22.2. The molecule has 0 aliphatic carbocycles. The molecule has 0 aromatic heterocycles. The molecule has 4 aromatic rings. The van der Waals surface area contributed by atoms with Crippen molar-refractivity contribution in [1.29, 1.82) is 0 Å². The minimum atomic E-state index is -4.21. The fraction of sp³-hybridized carbons (Fsp3) is 0.500. The van der Waals surface area contributed by atoms with Crippen molar-refractivity contribution in [2.75, 3.05) is 24.7 Å². The normalized spacial score (nSPS) is 18.5. The summed E-state index contributed by atoms with van der Waals surface area (Å²) in [5, 5.41) is 0. The van der Waals surface area contributed by atoms with Crippen LogP contribution in [-0.4, -0.2) is 34.5 Å². The van der Waals surface area contributed by atoms with Crippen LogP contribution in [0.2, 0.25) is 0 Å². The van der Waals surface area contributed by atoms with Crippen molar-refractivity contribution in [1.82, 2.24) is 0 Å². The Bertz CT molecular complexity index is 1980. The van der Waals surface area contributed by atoms with Gasteiger partial charge in [-0.3, -0.25) is 18.1 Å². The molecule has 65 heavy (non-hydrogen) atoms. The lowest BCUT2D eigenvalue weighted by atomic mass is 9.91. The molecule has 6 unspecified atom stereocenters. The van der Waals surface area contributed by atoms with Crippen LogP contribution in [0.4, 0.5) is 0 Å². The van der Waals surface area contributed by atoms with Gasteiger partial charge in [0, 0.05) is 9.49 Å². The second-order valence-electron chi connectivity index (χ2n) is 17.4. The van der Waals surface area contributed by atoms with E-state index in [-0.39, 0.29) is 22.7 Å². The van der Waals surface area contributed by atoms with Gasteiger partial charge in [-0.25, -0.2) is 30.2 Å². The van der Waals surface area contributed by atoms with E-state index in [1.807, 2.05) is 134 Å². The van der Waals surface area contributed by atoms with E-state index < -0.39 is 34.4 Å². The van der Waals surface area contributed by atoms with Gasteiger partial charge in [0.05, 0.1) is 13.2 Å². The van der Waals surface area contributed by atoms with Gasteiger partial charge < -0.3 is 9.79 Å². The number of hydrogen-bond acceptors (Lipinski definition) is 9. The van der Waals surface area contributed by atoms with Crippen LogP contribution in [0, 0.1) is 0 Å². The standard InChI is InChI=1S/C48H72N3O9P3S2/c1-45(59-61(49,52)53,41-25-9-5-10-26-41)33-19-23-39-64-47(3,43-29-13-7-14-30-43)35-17-21-37-57-63(51,56)58-38-22-18-36-48(4,44-31-15-8-16-32-44)65-40-24-20-34-46(2,60-62(50,54)55)42-27-11-6-12-28-42/h5-16,25-32H,17-24,33-40H2,1-4H3,(H2,51,56)(H3,49,52,53)(H3,50,54,55). The molecule has 0 saturated heterocycles. The summed E-state index contributed by atoms with van der Waals surface area (Å²) in [4.78, 5) is 19.7. The monoisotopic (exact) mass is 991 g/mol. The third kappa shape index (κ3) is 19.8. The van der Waals surface area contributed by atoms with Crippen LogP contribution in [0.1, 0.15) is 127 Å². The molecule has 4 aromatic carbocycles. The minimum Gasteiger partial charge on any atom is -0.313 e. The van der Waals surface area contributed by atoms with Crippen LogP contribution in [0.5, 0.6) is 0 Å². The quantitative estimate of drug-likeness (QED) is 0.0228. The molecular weight excluding hydrogens is 920 g/mol. The van der Waals surface area contributed by atoms with Crippen molar-refractivity contribution < 1.29 is 41.6 Å². The molecule has 6 atom stereocenters. The van der Waals surface area contributed by atoms with Gasteiger partial charge in [0.15, 0.2) is 0 Å². The summed E-state index contributed by atoms with van der Waals surface area (Å²) in [5.41, 5.74) is 19.0. The zero-order valence-electron chi connectivity index (χ0n) is 38.5. The summed E-state index contributed by atoms with van der Waals surface area (Å²) < 4.78 is 59.3. The van der Waals surface area contributed by atoms with Crippen LogP contribution in [-0.2, 0) is 52.5 Å². The number of hydrogen-bond donors (Lipinski definition) is 5. The highest BCUT2D eigenvalue weighted by Crippen LogP contribution is 2.48. The molecule has 17 heteroatoms. The van der Waals surface area contributed by atoms with Crippen LogP contribution in [0.15, 0.2) is 121 Å². The summed E-state index contributed by atoms with van der Waals surface area (Å²) in [6, 6.07) is 39.7. The first-order chi connectivity index (χ1) is 30.7. The number of rotatable bonds is 32. The minimum absolute atomic E-state index is 0.176. The molecule has 0 spiro atoms. The zero-order chi connectivity index (χ0) is 47.5. The highest BCUT2D eigenvalue weighted by molar-refractivity contribution is 8.00. The topological polar surface area (TPSA) is 207 Å². The molecule has 12 nitrogen and oxygen atoms in total. The van der Waals surface area contributed by atoms with Gasteiger partial charge in [0.25, 0.3) is 0 Å². The average molecular weight is 992 g/mol. The summed E-state index contributed by atoms with van der Waals surface area (Å²) in [6.07, 6.45) is 9.11. The van der Waals surface area contributed by atoms with Gasteiger partial charge >= 0.3 is 23.2 Å². The van der Waals surface area contributed by atoms with E-state index in [9.17, 15) is 23.5 Å². The van der Waals surface area contributed by atoms with E-state index in [2.05, 4.69) is 38.1 Å². The predicted molar refractivity (Wildman–Crippen MR) is 269 cm³/mol. The lowest BCUT2D eigenvalue weighted by Gasteiger charge is -2.32. The molecule has 0 radical (unpaired) electrons. The van der Waals surface area contributed by atoms with Crippen molar-refractivity contribution in [3.8, 4) is 0 Å². The summed E-state index contributed by atoms with van der Waals surface area (Å²) in [7, 11) is -12.2. The fourth-order valence-corrected chi connectivity index (χ4v) is 13.3. The Morgan fingerprint density at radius 2 is 0.738 bits per heavy atom. The molecule has 360 valence electrons. The SMILES string of the molecule is CC(CCCCSC(C)(CCCCOP(N)(=O)OCCCCC(C)(SCCCCC(C)(OP(N)(=O)O)c1ccccc1)c1ccccc1)c1ccccc1)(OP(N)(=O)O)c1ccccc1. The van der Waals surface area contributed by atoms with Crippen LogP contribution < -0.4 is 16.5 Å². The van der Waals surface area contributed by atoms with Crippen molar-refractivity contribution in [3.05, 3.63) is 144 Å². The van der Waals surface area contributed by atoms with E-state index >= 15 is 0 Å². The van der Waals surface area contributed by atoms with Gasteiger partial charge in [-0.05, 0) is 139 Å². The molecule has 0 heterocycles. The Morgan fingerprint density at radius 1 is 0.446 bits per heavy atom. The first-order valence-electron chi connectivity index (χ1n) is 22.5. The van der Waals surface area contributed by atoms with Crippen LogP contribution in [0.3, 0.4) is 0 Å². The zero-order valence-corrected chi connectivity index (χ0v) is 42.8. The van der Waals surface area contributed by atoms with Gasteiger partial charge in [-0.1, -0.05) is 121 Å². The Morgan fingerprint density at radius 3 is 1.05 bits per heavy atom. The maximum absolute atomic E-state index is 13.1. The van der Waals surface area contributed by atoms with E-state index in [1.54, 1.807) is 0 Å². The van der Waals surface area contributed by atoms with E-state index in [4.69, 9.17) is 34.6 Å². The first-order valence-corrected chi connectivity index (χ1v) is 29.4. The molecule has 4 rings (SSSR count). The number of benzene rings is 4. The molecule has 0 aliphatic rings. The second-order valence-corrected chi connectivity index (χ2v) is 24.8. The Labute approximate surface area is 396 Å². The third-order valence-corrected chi connectivity index (χ3v) is 17.3. The highest BCUT2D eigenvalue weighted by Gasteiger charge is 2.36. The number of thioether (sulfide) groups is 2. The van der Waals surface area contributed by atoms with Crippen molar-refractivity contribution in [2.24, 2.45) is 16.5 Å². The molecule has 0 fully saturated rings. The van der Waals surface area contributed by atoms with E-state index in [0.29, 0.717) is 25.7 Å². The Balaban J connectivity index is 1.19. The van der Waals surface area contributed by atoms with Crippen molar-refractivity contribution in [3.63, 3.8) is 0 Å². The predicted octanol–water partition coefficient (Wildman–Crippen LogP) is 13.0. The summed E-state index contributed by atoms with van der Waals surface area (Å²) in [6.45, 7) is 8.57. The lowest BCUT2D eigenvalue weighted by molar-refractivity contribution is 0.0595. The fourth-order valence-electron chi connectivity index (χ4n) is 8.10. The van der Waals surface area contributed by atoms with Gasteiger partial charge in [0.1, 0.15) is 11.2 Å². The molecule has 0 saturated carbocycles. The molecule has 8 N–H and O–H groups in total. The number of nitrogens with two attached hydrogens (primary N) is 3. The summed E-state index contributed by atoms with van der Waals surface area (Å²) >= 11 is 3.77.